The minimum absolute atomic E-state index is 0.143. The summed E-state index contributed by atoms with van der Waals surface area (Å²) in [6.45, 7) is 2.70. The highest BCUT2D eigenvalue weighted by molar-refractivity contribution is 6.32. The van der Waals surface area contributed by atoms with E-state index in [2.05, 4.69) is 22.3 Å². The molecule has 1 amide bonds. The van der Waals surface area contributed by atoms with Crippen LogP contribution in [0.5, 0.6) is 11.5 Å². The smallest absolute Gasteiger partial charge is 0.244 e. The molecule has 2 aromatic carbocycles. The van der Waals surface area contributed by atoms with Crippen molar-refractivity contribution >= 4 is 23.6 Å². The monoisotopic (exact) mass is 414 g/mol. The van der Waals surface area contributed by atoms with Crippen molar-refractivity contribution in [2.24, 2.45) is 0 Å². The van der Waals surface area contributed by atoms with Gasteiger partial charge in [0.1, 0.15) is 0 Å². The number of ether oxygens (including phenoxy) is 2. The van der Waals surface area contributed by atoms with Crippen LogP contribution in [0.15, 0.2) is 48.5 Å². The van der Waals surface area contributed by atoms with Crippen LogP contribution in [-0.4, -0.2) is 44.7 Å². The first-order valence-corrected chi connectivity index (χ1v) is 10.2. The normalized spacial score (nSPS) is 15.4. The summed E-state index contributed by atoms with van der Waals surface area (Å²) >= 11 is 6.23. The average molecular weight is 415 g/mol. The highest BCUT2D eigenvalue weighted by Crippen LogP contribution is 2.36. The van der Waals surface area contributed by atoms with E-state index in [1.54, 1.807) is 25.3 Å². The second-order valence-corrected chi connectivity index (χ2v) is 7.39. The van der Waals surface area contributed by atoms with Gasteiger partial charge in [0, 0.05) is 12.6 Å². The zero-order valence-electron chi connectivity index (χ0n) is 16.9. The summed E-state index contributed by atoms with van der Waals surface area (Å²) in [4.78, 5) is 14.9. The van der Waals surface area contributed by atoms with E-state index in [0.717, 1.165) is 18.7 Å². The van der Waals surface area contributed by atoms with Gasteiger partial charge in [-0.2, -0.15) is 0 Å². The van der Waals surface area contributed by atoms with E-state index in [1.165, 1.54) is 31.6 Å². The van der Waals surface area contributed by atoms with Gasteiger partial charge in [-0.3, -0.25) is 9.69 Å². The van der Waals surface area contributed by atoms with Gasteiger partial charge in [-0.1, -0.05) is 41.9 Å². The van der Waals surface area contributed by atoms with Crippen LogP contribution in [-0.2, 0) is 4.79 Å². The first-order chi connectivity index (χ1) is 14.1. The van der Waals surface area contributed by atoms with Gasteiger partial charge in [-0.05, 0) is 55.3 Å². The molecule has 1 fully saturated rings. The second-order valence-electron chi connectivity index (χ2n) is 6.99. The Bertz CT molecular complexity index is 849. The summed E-state index contributed by atoms with van der Waals surface area (Å²) in [6, 6.07) is 14.1. The number of hydrogen-bond donors (Lipinski definition) is 1. The molecule has 1 N–H and O–H groups in total. The van der Waals surface area contributed by atoms with E-state index < -0.39 is 0 Å². The highest BCUT2D eigenvalue weighted by atomic mass is 35.5. The minimum atomic E-state index is -0.143. The topological polar surface area (TPSA) is 50.8 Å². The van der Waals surface area contributed by atoms with Gasteiger partial charge >= 0.3 is 0 Å². The van der Waals surface area contributed by atoms with Crippen LogP contribution < -0.4 is 14.8 Å². The van der Waals surface area contributed by atoms with Gasteiger partial charge in [0.2, 0.25) is 5.91 Å². The molecule has 154 valence electrons. The summed E-state index contributed by atoms with van der Waals surface area (Å²) in [5.41, 5.74) is 1.99. The SMILES string of the molecule is COc1cc(/C=C/C(=O)NCC(c2ccccc2)N2CCCC2)cc(Cl)c1OC. The van der Waals surface area contributed by atoms with Gasteiger partial charge in [0.15, 0.2) is 11.5 Å². The highest BCUT2D eigenvalue weighted by Gasteiger charge is 2.23. The van der Waals surface area contributed by atoms with Crippen LogP contribution >= 0.6 is 11.6 Å². The predicted molar refractivity (Wildman–Crippen MR) is 117 cm³/mol. The Labute approximate surface area is 177 Å². The summed E-state index contributed by atoms with van der Waals surface area (Å²) in [5, 5.41) is 3.47. The molecule has 2 aromatic rings. The Kier molecular flexibility index (Phi) is 7.55. The van der Waals surface area contributed by atoms with Gasteiger partial charge in [-0.25, -0.2) is 0 Å². The molecular weight excluding hydrogens is 388 g/mol. The molecular formula is C23H27ClN2O3. The molecule has 29 heavy (non-hydrogen) atoms. The largest absolute Gasteiger partial charge is 0.493 e. The molecule has 0 radical (unpaired) electrons. The molecule has 1 aliphatic heterocycles. The molecule has 0 bridgehead atoms. The summed E-state index contributed by atoms with van der Waals surface area (Å²) in [7, 11) is 3.09. The van der Waals surface area contributed by atoms with Crippen molar-refractivity contribution < 1.29 is 14.3 Å². The van der Waals surface area contributed by atoms with E-state index >= 15 is 0 Å². The number of amides is 1. The quantitative estimate of drug-likeness (QED) is 0.653. The zero-order valence-corrected chi connectivity index (χ0v) is 17.6. The molecule has 5 nitrogen and oxygen atoms in total. The van der Waals surface area contributed by atoms with Crippen molar-refractivity contribution in [3.8, 4) is 11.5 Å². The average Bonchev–Trinajstić information content (AvgIpc) is 3.27. The first-order valence-electron chi connectivity index (χ1n) is 9.79. The van der Waals surface area contributed by atoms with E-state index in [0.29, 0.717) is 23.1 Å². The fourth-order valence-electron chi connectivity index (χ4n) is 3.65. The predicted octanol–water partition coefficient (Wildman–Crippen LogP) is 4.32. The molecule has 6 heteroatoms. The van der Waals surface area contributed by atoms with Crippen molar-refractivity contribution in [1.29, 1.82) is 0 Å². The van der Waals surface area contributed by atoms with Gasteiger partial charge < -0.3 is 14.8 Å². The number of nitrogens with one attached hydrogen (secondary N) is 1. The number of rotatable bonds is 8. The van der Waals surface area contributed by atoms with E-state index in [1.807, 2.05) is 18.2 Å². The summed E-state index contributed by atoms with van der Waals surface area (Å²) < 4.78 is 10.5. The number of methoxy groups -OCH3 is 2. The Hall–Kier alpha value is -2.50. The van der Waals surface area contributed by atoms with Crippen molar-refractivity contribution in [3.05, 3.63) is 64.7 Å². The van der Waals surface area contributed by atoms with Crippen LogP contribution in [0.4, 0.5) is 0 Å². The number of likely N-dealkylation sites (tertiary alicyclic amines) is 1. The van der Waals surface area contributed by atoms with Crippen molar-refractivity contribution in [1.82, 2.24) is 10.2 Å². The van der Waals surface area contributed by atoms with E-state index in [9.17, 15) is 4.79 Å². The molecule has 3 rings (SSSR count). The lowest BCUT2D eigenvalue weighted by atomic mass is 10.1. The molecule has 1 aliphatic rings. The number of nitrogens with zero attached hydrogens (tertiary/aromatic N) is 1. The number of carbonyl (C=O) groups excluding carboxylic acids is 1. The Balaban J connectivity index is 1.65. The molecule has 0 aromatic heterocycles. The second kappa shape index (κ2) is 10.3. The summed E-state index contributed by atoms with van der Waals surface area (Å²) in [5.74, 6) is 0.862. The third kappa shape index (κ3) is 5.52. The van der Waals surface area contributed by atoms with Crippen LogP contribution in [0.3, 0.4) is 0 Å². The van der Waals surface area contributed by atoms with Crippen molar-refractivity contribution in [3.63, 3.8) is 0 Å². The van der Waals surface area contributed by atoms with Crippen molar-refractivity contribution in [2.45, 2.75) is 18.9 Å². The maximum absolute atomic E-state index is 12.4. The fraction of sp³-hybridized carbons (Fsp3) is 0.348. The lowest BCUT2D eigenvalue weighted by Crippen LogP contribution is -2.36. The molecule has 0 spiro atoms. The van der Waals surface area contributed by atoms with Gasteiger partial charge in [-0.15, -0.1) is 0 Å². The minimum Gasteiger partial charge on any atom is -0.493 e. The molecule has 1 heterocycles. The molecule has 1 saturated heterocycles. The van der Waals surface area contributed by atoms with Crippen LogP contribution in [0.1, 0.15) is 30.0 Å². The Morgan fingerprint density at radius 2 is 1.90 bits per heavy atom. The number of benzene rings is 2. The van der Waals surface area contributed by atoms with E-state index in [4.69, 9.17) is 21.1 Å². The lowest BCUT2D eigenvalue weighted by molar-refractivity contribution is -0.116. The number of halogens is 1. The van der Waals surface area contributed by atoms with Gasteiger partial charge in [0.25, 0.3) is 0 Å². The third-order valence-electron chi connectivity index (χ3n) is 5.12. The van der Waals surface area contributed by atoms with Crippen molar-refractivity contribution in [2.75, 3.05) is 33.9 Å². The number of hydrogen-bond acceptors (Lipinski definition) is 4. The maximum Gasteiger partial charge on any atom is 0.244 e. The molecule has 0 aliphatic carbocycles. The van der Waals surface area contributed by atoms with Gasteiger partial charge in [0.05, 0.1) is 25.3 Å². The van der Waals surface area contributed by atoms with E-state index in [-0.39, 0.29) is 11.9 Å². The van der Waals surface area contributed by atoms with Crippen LogP contribution in [0.2, 0.25) is 5.02 Å². The third-order valence-corrected chi connectivity index (χ3v) is 5.40. The lowest BCUT2D eigenvalue weighted by Gasteiger charge is -2.28. The zero-order chi connectivity index (χ0) is 20.6. The van der Waals surface area contributed by atoms with Crippen LogP contribution in [0, 0.1) is 0 Å². The summed E-state index contributed by atoms with van der Waals surface area (Å²) in [6.07, 6.45) is 5.65. The fourth-order valence-corrected chi connectivity index (χ4v) is 3.94. The molecule has 1 atom stereocenters. The van der Waals surface area contributed by atoms with Crippen LogP contribution in [0.25, 0.3) is 6.08 Å². The number of carbonyl (C=O) groups is 1. The maximum atomic E-state index is 12.4. The first kappa shape index (κ1) is 21.2. The Morgan fingerprint density at radius 3 is 2.55 bits per heavy atom. The molecule has 0 saturated carbocycles. The standard InChI is InChI=1S/C23H27ClN2O3/c1-28-21-15-17(14-19(24)23(21)29-2)10-11-22(27)25-16-20(26-12-6-7-13-26)18-8-4-3-5-9-18/h3-5,8-11,14-15,20H,6-7,12-13,16H2,1-2H3,(H,25,27)/b11-10+. The molecule has 1 unspecified atom stereocenters. The Morgan fingerprint density at radius 1 is 1.17 bits per heavy atom.